The van der Waals surface area contributed by atoms with Crippen LogP contribution in [0.15, 0.2) is 66.9 Å². The molecule has 4 rings (SSSR count). The van der Waals surface area contributed by atoms with E-state index in [9.17, 15) is 37.5 Å². The van der Waals surface area contributed by atoms with Crippen molar-refractivity contribution in [2.24, 2.45) is 0 Å². The average molecular weight is 525 g/mol. The summed E-state index contributed by atoms with van der Waals surface area (Å²) in [6.45, 7) is 0. The number of aromatic carboxylic acids is 1. The van der Waals surface area contributed by atoms with Crippen LogP contribution in [0.4, 0.5) is 17.6 Å². The standard InChI is InChI=1S/C27H19F4N3O4/c28-19-10-16(9-17(11-19)26(36)37)15-5-6-24(38-27(29,30)31)22(13-15)25(35)34-20(7-8-32)12-18-14-33-23-4-2-1-3-21(18)23/h1-6,9-11,13-14,20,33H,7,12H2,(H,34,35)(H,36,37). The summed E-state index contributed by atoms with van der Waals surface area (Å²) in [7, 11) is 0. The van der Waals surface area contributed by atoms with E-state index < -0.39 is 41.4 Å². The number of alkyl halides is 3. The van der Waals surface area contributed by atoms with E-state index in [1.54, 1.807) is 6.20 Å². The Balaban J connectivity index is 1.69. The van der Waals surface area contributed by atoms with Crippen LogP contribution in [0.3, 0.4) is 0 Å². The van der Waals surface area contributed by atoms with Crippen LogP contribution in [0, 0.1) is 17.1 Å². The predicted molar refractivity (Wildman–Crippen MR) is 129 cm³/mol. The Morgan fingerprint density at radius 2 is 1.84 bits per heavy atom. The number of fused-ring (bicyclic) bond motifs is 1. The van der Waals surface area contributed by atoms with Gasteiger partial charge in [0.25, 0.3) is 5.91 Å². The molecule has 0 fully saturated rings. The molecular formula is C27H19F4N3O4. The van der Waals surface area contributed by atoms with Gasteiger partial charge in [-0.15, -0.1) is 13.2 Å². The lowest BCUT2D eigenvalue weighted by Crippen LogP contribution is -2.36. The highest BCUT2D eigenvalue weighted by atomic mass is 19.4. The predicted octanol–water partition coefficient (Wildman–Crippen LogP) is 5.83. The lowest BCUT2D eigenvalue weighted by atomic mass is 9.99. The fourth-order valence-corrected chi connectivity index (χ4v) is 4.09. The van der Waals surface area contributed by atoms with Crippen LogP contribution in [0.2, 0.25) is 0 Å². The fourth-order valence-electron chi connectivity index (χ4n) is 4.09. The molecule has 0 bridgehead atoms. The maximum Gasteiger partial charge on any atom is 0.573 e. The summed E-state index contributed by atoms with van der Waals surface area (Å²) >= 11 is 0. The van der Waals surface area contributed by atoms with E-state index in [2.05, 4.69) is 15.0 Å². The van der Waals surface area contributed by atoms with Gasteiger partial charge < -0.3 is 20.1 Å². The number of hydrogen-bond acceptors (Lipinski definition) is 4. The third-order valence-corrected chi connectivity index (χ3v) is 5.74. The number of amides is 1. The van der Waals surface area contributed by atoms with Crippen molar-refractivity contribution in [2.45, 2.75) is 25.2 Å². The molecule has 1 atom stereocenters. The molecule has 3 aromatic carbocycles. The van der Waals surface area contributed by atoms with E-state index in [1.165, 1.54) is 0 Å². The third-order valence-electron chi connectivity index (χ3n) is 5.74. The van der Waals surface area contributed by atoms with Crippen LogP contribution in [0.5, 0.6) is 5.75 Å². The average Bonchev–Trinajstić information content (AvgIpc) is 3.25. The molecule has 4 aromatic rings. The van der Waals surface area contributed by atoms with E-state index in [-0.39, 0.29) is 29.5 Å². The highest BCUT2D eigenvalue weighted by molar-refractivity contribution is 5.99. The number of rotatable bonds is 8. The number of carbonyl (C=O) groups excluding carboxylic acids is 1. The topological polar surface area (TPSA) is 115 Å². The molecule has 0 aliphatic rings. The van der Waals surface area contributed by atoms with Gasteiger partial charge in [0.15, 0.2) is 0 Å². The number of nitrogens with one attached hydrogen (secondary N) is 2. The molecule has 1 heterocycles. The number of nitrogens with zero attached hydrogens (tertiary/aromatic N) is 1. The van der Waals surface area contributed by atoms with E-state index in [0.29, 0.717) is 0 Å². The second-order valence-corrected chi connectivity index (χ2v) is 8.39. The number of halogens is 4. The van der Waals surface area contributed by atoms with Crippen molar-refractivity contribution in [3.05, 3.63) is 89.4 Å². The molecule has 0 radical (unpaired) electrons. The molecule has 0 aliphatic carbocycles. The number of hydrogen-bond donors (Lipinski definition) is 3. The Morgan fingerprint density at radius 3 is 2.55 bits per heavy atom. The normalized spacial score (nSPS) is 12.1. The SMILES string of the molecule is N#CCC(Cc1c[nH]c2ccccc12)NC(=O)c1cc(-c2cc(F)cc(C(=O)O)c2)ccc1OC(F)(F)F. The number of carboxylic acid groups (broad SMARTS) is 1. The van der Waals surface area contributed by atoms with Gasteiger partial charge in [0, 0.05) is 23.1 Å². The van der Waals surface area contributed by atoms with Crippen molar-refractivity contribution in [1.29, 1.82) is 5.26 Å². The Labute approximate surface area is 213 Å². The van der Waals surface area contributed by atoms with Gasteiger partial charge in [-0.1, -0.05) is 24.3 Å². The molecule has 3 N–H and O–H groups in total. The fraction of sp³-hybridized carbons (Fsp3) is 0.148. The zero-order valence-electron chi connectivity index (χ0n) is 19.5. The minimum atomic E-state index is -5.11. The summed E-state index contributed by atoms with van der Waals surface area (Å²) in [5.41, 5.74) is 0.844. The van der Waals surface area contributed by atoms with E-state index >= 15 is 0 Å². The number of benzene rings is 3. The zero-order valence-corrected chi connectivity index (χ0v) is 19.5. The van der Waals surface area contributed by atoms with Crippen LogP contribution in [-0.4, -0.2) is 34.4 Å². The molecule has 1 aromatic heterocycles. The number of aromatic nitrogens is 1. The van der Waals surface area contributed by atoms with Crippen molar-refractivity contribution in [2.75, 3.05) is 0 Å². The van der Waals surface area contributed by atoms with E-state index in [1.807, 2.05) is 30.3 Å². The maximum atomic E-state index is 14.0. The molecular weight excluding hydrogens is 506 g/mol. The second-order valence-electron chi connectivity index (χ2n) is 8.39. The first-order chi connectivity index (χ1) is 18.0. The van der Waals surface area contributed by atoms with Gasteiger partial charge in [-0.2, -0.15) is 5.26 Å². The third kappa shape index (κ3) is 6.10. The van der Waals surface area contributed by atoms with Gasteiger partial charge >= 0.3 is 12.3 Å². The quantitative estimate of drug-likeness (QED) is 0.251. The molecule has 0 saturated carbocycles. The minimum Gasteiger partial charge on any atom is -0.478 e. The Kier molecular flexibility index (Phi) is 7.34. The van der Waals surface area contributed by atoms with Gasteiger partial charge in [0.2, 0.25) is 0 Å². The number of nitriles is 1. The largest absolute Gasteiger partial charge is 0.573 e. The summed E-state index contributed by atoms with van der Waals surface area (Å²) in [6, 6.07) is 14.6. The Hall–Kier alpha value is -4.85. The highest BCUT2D eigenvalue weighted by Gasteiger charge is 2.33. The molecule has 0 aliphatic heterocycles. The molecule has 194 valence electrons. The highest BCUT2D eigenvalue weighted by Crippen LogP contribution is 2.32. The first-order valence-corrected chi connectivity index (χ1v) is 11.2. The van der Waals surface area contributed by atoms with Gasteiger partial charge in [-0.05, 0) is 59.5 Å². The maximum absolute atomic E-state index is 14.0. The lowest BCUT2D eigenvalue weighted by molar-refractivity contribution is -0.274. The Morgan fingerprint density at radius 1 is 1.08 bits per heavy atom. The number of carboxylic acids is 1. The molecule has 7 nitrogen and oxygen atoms in total. The molecule has 38 heavy (non-hydrogen) atoms. The first kappa shape index (κ1) is 26.2. The monoisotopic (exact) mass is 525 g/mol. The van der Waals surface area contributed by atoms with Gasteiger partial charge in [-0.25, -0.2) is 9.18 Å². The zero-order chi connectivity index (χ0) is 27.4. The van der Waals surface area contributed by atoms with Gasteiger partial charge in [0.1, 0.15) is 11.6 Å². The summed E-state index contributed by atoms with van der Waals surface area (Å²) in [5, 5.41) is 22.0. The van der Waals surface area contributed by atoms with E-state index in [0.717, 1.165) is 52.9 Å². The van der Waals surface area contributed by atoms with Crippen LogP contribution in [0.25, 0.3) is 22.0 Å². The van der Waals surface area contributed by atoms with Crippen molar-refractivity contribution in [1.82, 2.24) is 10.3 Å². The summed E-state index contributed by atoms with van der Waals surface area (Å²) in [4.78, 5) is 27.6. The van der Waals surface area contributed by atoms with Crippen molar-refractivity contribution >= 4 is 22.8 Å². The van der Waals surface area contributed by atoms with Crippen molar-refractivity contribution in [3.63, 3.8) is 0 Å². The number of para-hydroxylation sites is 1. The van der Waals surface area contributed by atoms with Crippen LogP contribution < -0.4 is 10.1 Å². The Bertz CT molecular complexity index is 1560. The van der Waals surface area contributed by atoms with Crippen molar-refractivity contribution in [3.8, 4) is 22.9 Å². The van der Waals surface area contributed by atoms with Gasteiger partial charge in [0.05, 0.1) is 23.6 Å². The van der Waals surface area contributed by atoms with Crippen LogP contribution >= 0.6 is 0 Å². The molecule has 1 amide bonds. The molecule has 11 heteroatoms. The van der Waals surface area contributed by atoms with Crippen molar-refractivity contribution < 1.29 is 37.0 Å². The smallest absolute Gasteiger partial charge is 0.478 e. The minimum absolute atomic E-state index is 0.0300. The molecule has 0 saturated heterocycles. The van der Waals surface area contributed by atoms with Crippen LogP contribution in [0.1, 0.15) is 32.7 Å². The summed E-state index contributed by atoms with van der Waals surface area (Å²) < 4.78 is 57.3. The number of aromatic amines is 1. The summed E-state index contributed by atoms with van der Waals surface area (Å²) in [5.74, 6) is -4.05. The lowest BCUT2D eigenvalue weighted by Gasteiger charge is -2.19. The summed E-state index contributed by atoms with van der Waals surface area (Å²) in [6.07, 6.45) is -3.30. The first-order valence-electron chi connectivity index (χ1n) is 11.2. The number of H-pyrrole nitrogens is 1. The molecule has 1 unspecified atom stereocenters. The second kappa shape index (κ2) is 10.6. The molecule has 0 spiro atoms. The number of ether oxygens (including phenoxy) is 1. The number of carbonyl (C=O) groups is 2. The van der Waals surface area contributed by atoms with E-state index in [4.69, 9.17) is 0 Å². The van der Waals surface area contributed by atoms with Crippen LogP contribution in [-0.2, 0) is 6.42 Å². The van der Waals surface area contributed by atoms with Gasteiger partial charge in [-0.3, -0.25) is 4.79 Å².